The first-order chi connectivity index (χ1) is 12.7. The van der Waals surface area contributed by atoms with Crippen LogP contribution in [0.2, 0.25) is 0 Å². The standard InChI is InChI=1S/C20H17N5O/c1-14(15-6-3-2-4-7-15)22-20(26)16-9-11-17(12-10-16)25-19-18(23-24-25)8-5-13-21-19/h2-14H,1H3,(H,22,26). The molecule has 2 aromatic carbocycles. The molecule has 0 aliphatic carbocycles. The lowest BCUT2D eigenvalue weighted by Gasteiger charge is -2.14. The molecule has 1 amide bonds. The Balaban J connectivity index is 1.53. The van der Waals surface area contributed by atoms with Gasteiger partial charge in [0.2, 0.25) is 0 Å². The second kappa shape index (κ2) is 6.76. The Labute approximate surface area is 150 Å². The van der Waals surface area contributed by atoms with E-state index in [1.54, 1.807) is 23.0 Å². The molecule has 0 saturated heterocycles. The first kappa shape index (κ1) is 16.0. The highest BCUT2D eigenvalue weighted by atomic mass is 16.1. The Morgan fingerprint density at radius 2 is 1.77 bits per heavy atom. The Morgan fingerprint density at radius 3 is 2.54 bits per heavy atom. The number of benzene rings is 2. The monoisotopic (exact) mass is 343 g/mol. The minimum Gasteiger partial charge on any atom is -0.346 e. The number of fused-ring (bicyclic) bond motifs is 1. The van der Waals surface area contributed by atoms with Crippen LogP contribution in [0.4, 0.5) is 0 Å². The number of carbonyl (C=O) groups is 1. The molecule has 0 bridgehead atoms. The minimum atomic E-state index is -0.116. The third-order valence-corrected chi connectivity index (χ3v) is 4.23. The summed E-state index contributed by atoms with van der Waals surface area (Å²) in [5, 5.41) is 11.2. The van der Waals surface area contributed by atoms with Crippen LogP contribution in [0, 0.1) is 0 Å². The highest BCUT2D eigenvalue weighted by molar-refractivity contribution is 5.94. The number of hydrogen-bond donors (Lipinski definition) is 1. The number of aromatic nitrogens is 4. The van der Waals surface area contributed by atoms with Gasteiger partial charge >= 0.3 is 0 Å². The topological polar surface area (TPSA) is 72.7 Å². The number of rotatable bonds is 4. The maximum atomic E-state index is 12.5. The van der Waals surface area contributed by atoms with Crippen molar-refractivity contribution < 1.29 is 4.79 Å². The Hall–Kier alpha value is -3.54. The minimum absolute atomic E-state index is 0.0631. The zero-order chi connectivity index (χ0) is 17.9. The summed E-state index contributed by atoms with van der Waals surface area (Å²) in [6, 6.07) is 20.7. The molecule has 0 saturated carbocycles. The molecule has 4 aromatic rings. The van der Waals surface area contributed by atoms with Gasteiger partial charge in [0.15, 0.2) is 5.65 Å². The Kier molecular flexibility index (Phi) is 4.15. The fraction of sp³-hybridized carbons (Fsp3) is 0.100. The molecule has 6 heteroatoms. The van der Waals surface area contributed by atoms with E-state index >= 15 is 0 Å². The second-order valence-corrected chi connectivity index (χ2v) is 6.00. The van der Waals surface area contributed by atoms with Crippen molar-refractivity contribution in [1.82, 2.24) is 25.3 Å². The summed E-state index contributed by atoms with van der Waals surface area (Å²) in [5.74, 6) is -0.116. The molecular formula is C20H17N5O. The molecule has 2 aromatic heterocycles. The third kappa shape index (κ3) is 3.04. The van der Waals surface area contributed by atoms with Crippen molar-refractivity contribution >= 4 is 17.1 Å². The molecule has 0 fully saturated rings. The van der Waals surface area contributed by atoms with E-state index in [4.69, 9.17) is 0 Å². The summed E-state index contributed by atoms with van der Waals surface area (Å²) >= 11 is 0. The molecule has 128 valence electrons. The van der Waals surface area contributed by atoms with Crippen molar-refractivity contribution in [3.63, 3.8) is 0 Å². The zero-order valence-corrected chi connectivity index (χ0v) is 14.2. The van der Waals surface area contributed by atoms with Crippen LogP contribution in [0.25, 0.3) is 16.9 Å². The molecule has 0 aliphatic heterocycles. The van der Waals surface area contributed by atoms with Crippen LogP contribution in [0.3, 0.4) is 0 Å². The zero-order valence-electron chi connectivity index (χ0n) is 14.2. The van der Waals surface area contributed by atoms with Gasteiger partial charge < -0.3 is 5.32 Å². The molecule has 26 heavy (non-hydrogen) atoms. The van der Waals surface area contributed by atoms with Gasteiger partial charge in [-0.05, 0) is 48.9 Å². The molecule has 4 rings (SSSR count). The number of hydrogen-bond acceptors (Lipinski definition) is 4. The lowest BCUT2D eigenvalue weighted by Crippen LogP contribution is -2.26. The van der Waals surface area contributed by atoms with E-state index < -0.39 is 0 Å². The van der Waals surface area contributed by atoms with Gasteiger partial charge in [-0.1, -0.05) is 35.5 Å². The number of amides is 1. The van der Waals surface area contributed by atoms with Crippen LogP contribution < -0.4 is 5.32 Å². The van der Waals surface area contributed by atoms with E-state index in [-0.39, 0.29) is 11.9 Å². The van der Waals surface area contributed by atoms with Crippen LogP contribution in [0.5, 0.6) is 0 Å². The fourth-order valence-corrected chi connectivity index (χ4v) is 2.80. The molecule has 6 nitrogen and oxygen atoms in total. The van der Waals surface area contributed by atoms with Crippen LogP contribution in [-0.2, 0) is 0 Å². The summed E-state index contributed by atoms with van der Waals surface area (Å²) in [6.07, 6.45) is 1.70. The molecular weight excluding hydrogens is 326 g/mol. The van der Waals surface area contributed by atoms with Gasteiger partial charge in [-0.3, -0.25) is 4.79 Å². The first-order valence-electron chi connectivity index (χ1n) is 8.35. The normalized spacial score (nSPS) is 12.0. The summed E-state index contributed by atoms with van der Waals surface area (Å²) in [6.45, 7) is 1.97. The summed E-state index contributed by atoms with van der Waals surface area (Å²) in [5.41, 5.74) is 3.87. The molecule has 1 atom stereocenters. The van der Waals surface area contributed by atoms with Crippen LogP contribution in [0.15, 0.2) is 72.9 Å². The summed E-state index contributed by atoms with van der Waals surface area (Å²) < 4.78 is 1.66. The summed E-state index contributed by atoms with van der Waals surface area (Å²) in [4.78, 5) is 16.8. The number of carbonyl (C=O) groups excluding carboxylic acids is 1. The average molecular weight is 343 g/mol. The van der Waals surface area contributed by atoms with Crippen molar-refractivity contribution in [2.45, 2.75) is 13.0 Å². The molecule has 2 heterocycles. The predicted octanol–water partition coefficient (Wildman–Crippen LogP) is 3.31. The molecule has 1 N–H and O–H groups in total. The first-order valence-corrected chi connectivity index (χ1v) is 8.35. The van der Waals surface area contributed by atoms with E-state index in [9.17, 15) is 4.79 Å². The number of nitrogens with zero attached hydrogens (tertiary/aromatic N) is 4. The van der Waals surface area contributed by atoms with E-state index in [2.05, 4.69) is 20.6 Å². The Morgan fingerprint density at radius 1 is 1.00 bits per heavy atom. The van der Waals surface area contributed by atoms with Crippen molar-refractivity contribution in [2.24, 2.45) is 0 Å². The SMILES string of the molecule is CC(NC(=O)c1ccc(-n2nnc3cccnc32)cc1)c1ccccc1. The van der Waals surface area contributed by atoms with Crippen LogP contribution in [0.1, 0.15) is 28.9 Å². The van der Waals surface area contributed by atoms with E-state index in [0.29, 0.717) is 11.2 Å². The third-order valence-electron chi connectivity index (χ3n) is 4.23. The second-order valence-electron chi connectivity index (χ2n) is 6.00. The van der Waals surface area contributed by atoms with Crippen molar-refractivity contribution in [2.75, 3.05) is 0 Å². The largest absolute Gasteiger partial charge is 0.346 e. The van der Waals surface area contributed by atoms with Gasteiger partial charge in [0.05, 0.1) is 11.7 Å². The van der Waals surface area contributed by atoms with Crippen molar-refractivity contribution in [3.8, 4) is 5.69 Å². The van der Waals surface area contributed by atoms with E-state index in [1.165, 1.54) is 0 Å². The highest BCUT2D eigenvalue weighted by Gasteiger charge is 2.12. The van der Waals surface area contributed by atoms with Gasteiger partial charge in [-0.25, -0.2) is 4.98 Å². The molecule has 0 aliphatic rings. The van der Waals surface area contributed by atoms with Crippen LogP contribution in [-0.4, -0.2) is 25.9 Å². The van der Waals surface area contributed by atoms with Gasteiger partial charge in [-0.2, -0.15) is 4.68 Å². The molecule has 1 unspecified atom stereocenters. The smallest absolute Gasteiger partial charge is 0.251 e. The lowest BCUT2D eigenvalue weighted by atomic mass is 10.1. The van der Waals surface area contributed by atoms with Gasteiger partial charge in [0.1, 0.15) is 5.52 Å². The molecule has 0 radical (unpaired) electrons. The van der Waals surface area contributed by atoms with E-state index in [0.717, 1.165) is 16.8 Å². The Bertz CT molecular complexity index is 1040. The summed E-state index contributed by atoms with van der Waals surface area (Å²) in [7, 11) is 0. The number of nitrogens with one attached hydrogen (secondary N) is 1. The van der Waals surface area contributed by atoms with Gasteiger partial charge in [0, 0.05) is 11.8 Å². The van der Waals surface area contributed by atoms with E-state index in [1.807, 2.05) is 61.5 Å². The average Bonchev–Trinajstić information content (AvgIpc) is 3.13. The maximum Gasteiger partial charge on any atom is 0.251 e. The highest BCUT2D eigenvalue weighted by Crippen LogP contribution is 2.16. The predicted molar refractivity (Wildman–Crippen MR) is 99.0 cm³/mol. The van der Waals surface area contributed by atoms with Gasteiger partial charge in [-0.15, -0.1) is 5.10 Å². The number of pyridine rings is 1. The fourth-order valence-electron chi connectivity index (χ4n) is 2.80. The van der Waals surface area contributed by atoms with Crippen LogP contribution >= 0.6 is 0 Å². The van der Waals surface area contributed by atoms with Crippen molar-refractivity contribution in [3.05, 3.63) is 84.1 Å². The lowest BCUT2D eigenvalue weighted by molar-refractivity contribution is 0.0940. The maximum absolute atomic E-state index is 12.5. The van der Waals surface area contributed by atoms with Crippen molar-refractivity contribution in [1.29, 1.82) is 0 Å². The van der Waals surface area contributed by atoms with Gasteiger partial charge in [0.25, 0.3) is 5.91 Å². The quantitative estimate of drug-likeness (QED) is 0.617. The molecule has 0 spiro atoms.